The molecule has 0 amide bonds. The molecule has 0 aliphatic heterocycles. The standard InChI is InChI=1S/C13H15ClN2O2/c1-16(7-3-4-13(17)18-2)11-6-5-10(9-15)12(14)8-11/h5-6,8H,3-4,7H2,1-2H3. The Morgan fingerprint density at radius 2 is 2.28 bits per heavy atom. The lowest BCUT2D eigenvalue weighted by Gasteiger charge is -2.19. The molecule has 0 saturated carbocycles. The number of carbonyl (C=O) groups excluding carboxylic acids is 1. The maximum atomic E-state index is 11.0. The van der Waals surface area contributed by atoms with Crippen molar-refractivity contribution in [3.05, 3.63) is 28.8 Å². The fourth-order valence-electron chi connectivity index (χ4n) is 1.52. The van der Waals surface area contributed by atoms with Gasteiger partial charge in [-0.15, -0.1) is 0 Å². The van der Waals surface area contributed by atoms with Crippen molar-refractivity contribution in [3.63, 3.8) is 0 Å². The molecule has 0 fully saturated rings. The fraction of sp³-hybridized carbons (Fsp3) is 0.385. The molecule has 0 atom stereocenters. The van der Waals surface area contributed by atoms with Crippen molar-refractivity contribution >= 4 is 23.3 Å². The minimum absolute atomic E-state index is 0.207. The molecule has 0 aliphatic carbocycles. The van der Waals surface area contributed by atoms with Crippen molar-refractivity contribution in [2.24, 2.45) is 0 Å². The maximum absolute atomic E-state index is 11.0. The molecule has 96 valence electrons. The van der Waals surface area contributed by atoms with E-state index in [1.54, 1.807) is 12.1 Å². The summed E-state index contributed by atoms with van der Waals surface area (Å²) in [6.07, 6.45) is 1.10. The minimum Gasteiger partial charge on any atom is -0.469 e. The Bertz CT molecular complexity index is 469. The Hall–Kier alpha value is -1.73. The molecule has 0 N–H and O–H groups in total. The van der Waals surface area contributed by atoms with Crippen LogP contribution in [0.2, 0.25) is 5.02 Å². The van der Waals surface area contributed by atoms with Gasteiger partial charge in [-0.05, 0) is 24.6 Å². The smallest absolute Gasteiger partial charge is 0.305 e. The third kappa shape index (κ3) is 3.94. The van der Waals surface area contributed by atoms with Crippen LogP contribution in [-0.4, -0.2) is 26.7 Å². The molecular formula is C13H15ClN2O2. The summed E-state index contributed by atoms with van der Waals surface area (Å²) in [4.78, 5) is 13.0. The monoisotopic (exact) mass is 266 g/mol. The van der Waals surface area contributed by atoms with Crippen molar-refractivity contribution < 1.29 is 9.53 Å². The van der Waals surface area contributed by atoms with Crippen molar-refractivity contribution in [1.29, 1.82) is 5.26 Å². The number of halogens is 1. The predicted octanol–water partition coefficient (Wildman–Crippen LogP) is 2.60. The number of ether oxygens (including phenoxy) is 1. The molecule has 4 nitrogen and oxygen atoms in total. The molecule has 0 aliphatic rings. The number of rotatable bonds is 5. The number of hydrogen-bond acceptors (Lipinski definition) is 4. The van der Waals surface area contributed by atoms with Crippen molar-refractivity contribution in [1.82, 2.24) is 0 Å². The molecule has 0 heterocycles. The third-order valence-electron chi connectivity index (χ3n) is 2.62. The normalized spacial score (nSPS) is 9.67. The van der Waals surface area contributed by atoms with E-state index < -0.39 is 0 Å². The first-order valence-electron chi connectivity index (χ1n) is 5.56. The Morgan fingerprint density at radius 1 is 1.56 bits per heavy atom. The second kappa shape index (κ2) is 6.87. The number of methoxy groups -OCH3 is 1. The van der Waals surface area contributed by atoms with E-state index >= 15 is 0 Å². The van der Waals surface area contributed by atoms with E-state index in [9.17, 15) is 4.79 Å². The molecule has 1 aromatic rings. The van der Waals surface area contributed by atoms with Gasteiger partial charge in [-0.1, -0.05) is 11.6 Å². The molecule has 0 bridgehead atoms. The Kier molecular flexibility index (Phi) is 5.47. The molecule has 0 unspecified atom stereocenters. The summed E-state index contributed by atoms with van der Waals surface area (Å²) in [6.45, 7) is 0.720. The van der Waals surface area contributed by atoms with Gasteiger partial charge in [-0.25, -0.2) is 0 Å². The molecule has 0 spiro atoms. The average molecular weight is 267 g/mol. The topological polar surface area (TPSA) is 53.3 Å². The van der Waals surface area contributed by atoms with Gasteiger partial charge in [-0.2, -0.15) is 5.26 Å². The van der Waals surface area contributed by atoms with Gasteiger partial charge >= 0.3 is 5.97 Å². The highest BCUT2D eigenvalue weighted by atomic mass is 35.5. The highest BCUT2D eigenvalue weighted by Gasteiger charge is 2.06. The highest BCUT2D eigenvalue weighted by molar-refractivity contribution is 6.32. The van der Waals surface area contributed by atoms with Crippen LogP contribution in [0.1, 0.15) is 18.4 Å². The van der Waals surface area contributed by atoms with Crippen LogP contribution in [-0.2, 0) is 9.53 Å². The first-order valence-corrected chi connectivity index (χ1v) is 5.94. The van der Waals surface area contributed by atoms with Gasteiger partial charge in [0.2, 0.25) is 0 Å². The number of carbonyl (C=O) groups is 1. The quantitative estimate of drug-likeness (QED) is 0.769. The van der Waals surface area contributed by atoms with Gasteiger partial charge in [0.15, 0.2) is 0 Å². The number of hydrogen-bond donors (Lipinski definition) is 0. The summed E-state index contributed by atoms with van der Waals surface area (Å²) in [6, 6.07) is 7.29. The van der Waals surface area contributed by atoms with E-state index in [-0.39, 0.29) is 5.97 Å². The molecule has 0 saturated heterocycles. The van der Waals surface area contributed by atoms with Crippen LogP contribution >= 0.6 is 11.6 Å². The first kappa shape index (κ1) is 14.3. The van der Waals surface area contributed by atoms with Gasteiger partial charge < -0.3 is 9.64 Å². The van der Waals surface area contributed by atoms with E-state index in [0.29, 0.717) is 23.4 Å². The lowest BCUT2D eigenvalue weighted by molar-refractivity contribution is -0.140. The zero-order valence-electron chi connectivity index (χ0n) is 10.4. The molecule has 5 heteroatoms. The van der Waals surface area contributed by atoms with Crippen LogP contribution in [0.5, 0.6) is 0 Å². The van der Waals surface area contributed by atoms with E-state index in [2.05, 4.69) is 4.74 Å². The molecule has 0 aromatic heterocycles. The highest BCUT2D eigenvalue weighted by Crippen LogP contribution is 2.22. The van der Waals surface area contributed by atoms with Crippen LogP contribution in [0.3, 0.4) is 0 Å². The second-order valence-electron chi connectivity index (χ2n) is 3.88. The number of nitrogens with zero attached hydrogens (tertiary/aromatic N) is 2. The van der Waals surface area contributed by atoms with Gasteiger partial charge in [0, 0.05) is 25.7 Å². The lowest BCUT2D eigenvalue weighted by atomic mass is 10.2. The van der Waals surface area contributed by atoms with Gasteiger partial charge in [-0.3, -0.25) is 4.79 Å². The molecule has 1 aromatic carbocycles. The Labute approximate surface area is 112 Å². The summed E-state index contributed by atoms with van der Waals surface area (Å²) in [5.41, 5.74) is 1.38. The van der Waals surface area contributed by atoms with Crippen LogP contribution < -0.4 is 4.90 Å². The van der Waals surface area contributed by atoms with Crippen LogP contribution in [0.25, 0.3) is 0 Å². The van der Waals surface area contributed by atoms with Gasteiger partial charge in [0.05, 0.1) is 17.7 Å². The summed E-state index contributed by atoms with van der Waals surface area (Å²) < 4.78 is 4.57. The van der Waals surface area contributed by atoms with Gasteiger partial charge in [0.1, 0.15) is 6.07 Å². The van der Waals surface area contributed by atoms with Crippen molar-refractivity contribution in [2.45, 2.75) is 12.8 Å². The molecule has 0 radical (unpaired) electrons. The number of anilines is 1. The second-order valence-corrected chi connectivity index (χ2v) is 4.28. The number of esters is 1. The predicted molar refractivity (Wildman–Crippen MR) is 70.7 cm³/mol. The van der Waals surface area contributed by atoms with Crippen molar-refractivity contribution in [2.75, 3.05) is 25.6 Å². The molecule has 1 rings (SSSR count). The zero-order chi connectivity index (χ0) is 13.5. The first-order chi connectivity index (χ1) is 8.58. The summed E-state index contributed by atoms with van der Waals surface area (Å²) in [5.74, 6) is -0.207. The largest absolute Gasteiger partial charge is 0.469 e. The summed E-state index contributed by atoms with van der Waals surface area (Å²) in [7, 11) is 3.29. The Morgan fingerprint density at radius 3 is 2.83 bits per heavy atom. The van der Waals surface area contributed by atoms with E-state index in [4.69, 9.17) is 16.9 Å². The van der Waals surface area contributed by atoms with Crippen LogP contribution in [0.4, 0.5) is 5.69 Å². The Balaban J connectivity index is 2.57. The summed E-state index contributed by atoms with van der Waals surface area (Å²) >= 11 is 5.96. The minimum atomic E-state index is -0.207. The molecule has 18 heavy (non-hydrogen) atoms. The van der Waals surface area contributed by atoms with Crippen LogP contribution in [0.15, 0.2) is 18.2 Å². The van der Waals surface area contributed by atoms with Crippen molar-refractivity contribution in [3.8, 4) is 6.07 Å². The third-order valence-corrected chi connectivity index (χ3v) is 2.93. The SMILES string of the molecule is COC(=O)CCCN(C)c1ccc(C#N)c(Cl)c1. The lowest BCUT2D eigenvalue weighted by Crippen LogP contribution is -2.19. The number of nitriles is 1. The summed E-state index contributed by atoms with van der Waals surface area (Å²) in [5, 5.41) is 9.22. The molecular weight excluding hydrogens is 252 g/mol. The number of benzene rings is 1. The van der Waals surface area contributed by atoms with E-state index in [0.717, 1.165) is 12.2 Å². The fourth-order valence-corrected chi connectivity index (χ4v) is 1.74. The van der Waals surface area contributed by atoms with E-state index in [1.165, 1.54) is 7.11 Å². The zero-order valence-corrected chi connectivity index (χ0v) is 11.2. The average Bonchev–Trinajstić information content (AvgIpc) is 2.38. The van der Waals surface area contributed by atoms with Crippen LogP contribution in [0, 0.1) is 11.3 Å². The van der Waals surface area contributed by atoms with Gasteiger partial charge in [0.25, 0.3) is 0 Å². The maximum Gasteiger partial charge on any atom is 0.305 e. The van der Waals surface area contributed by atoms with E-state index in [1.807, 2.05) is 24.1 Å².